The van der Waals surface area contributed by atoms with Crippen molar-refractivity contribution in [2.45, 2.75) is 220 Å². The summed E-state index contributed by atoms with van der Waals surface area (Å²) in [6.45, 7) is 7.87. The number of hydrogen-bond donors (Lipinski definition) is 4. The molecule has 6 nitrogen and oxygen atoms in total. The second-order valence-corrected chi connectivity index (χ2v) is 29.2. The molecule has 1 saturated heterocycles. The standard InChI is InChI=1S/C26H28F6NS2.C26H24F6NS2.2C5H6F6O2.Zn/c2*1-14-18(12-20(34-14)16-6-4-3-5-7-16)22-23(25(29,30)26(31,32)24(22,27)28)19-13-21(35-15(19)2)17-8-10-33-11-9-17;2*6-4(7,8)2(12)1-3(13)5(9,10)11;/h12-13,16-17H,3-11H2,1-2H3;8-10,12-13,16H,3-7,11H2,1-2H3;2*2-3,12-13H,1H2;/q2*-1;;;+2. The average molecular weight is 1550 g/mol. The first-order chi connectivity index (χ1) is 44.0. The number of hydrogen-bond acceptors (Lipinski definition) is 8. The molecule has 4 N–H and O–H groups in total. The maximum Gasteiger partial charge on any atom is 2.00 e. The molecular weight excluding hydrogens is 1490 g/mol. The monoisotopic (exact) mass is 1550 g/mol. The van der Waals surface area contributed by atoms with Gasteiger partial charge in [-0.1, -0.05) is 63.5 Å². The van der Waals surface area contributed by atoms with Crippen molar-refractivity contribution < 1.29 is 145 Å². The van der Waals surface area contributed by atoms with E-state index in [2.05, 4.69) is 10.6 Å². The predicted octanol–water partition coefficient (Wildman–Crippen LogP) is 21.6. The summed E-state index contributed by atoms with van der Waals surface area (Å²) in [6, 6.07) is 5.75. The molecule has 97 heavy (non-hydrogen) atoms. The largest absolute Gasteiger partial charge is 2.00 e. The third kappa shape index (κ3) is 17.3. The van der Waals surface area contributed by atoms with Crippen LogP contribution in [0.2, 0.25) is 0 Å². The van der Waals surface area contributed by atoms with Crippen molar-refractivity contribution in [1.82, 2.24) is 0 Å². The molecule has 4 aromatic rings. The van der Waals surface area contributed by atoms with E-state index in [1.807, 2.05) is 0 Å². The molecule has 10 rings (SSSR count). The van der Waals surface area contributed by atoms with Gasteiger partial charge in [-0.05, 0) is 123 Å². The first-order valence-electron chi connectivity index (χ1n) is 29.9. The van der Waals surface area contributed by atoms with Gasteiger partial charge in [0.25, 0.3) is 0 Å². The Morgan fingerprint density at radius 3 is 0.979 bits per heavy atom. The van der Waals surface area contributed by atoms with Gasteiger partial charge >= 0.3 is 79.7 Å². The molecule has 540 valence electrons. The fourth-order valence-corrected chi connectivity index (χ4v) is 16.6. The summed E-state index contributed by atoms with van der Waals surface area (Å²) in [6.07, 6.45) is -20.5. The number of aliphatic hydroxyl groups is 4. The molecule has 35 heteroatoms. The SMILES string of the molecule is Cc1sc(C2=CC[N-]C=C2)cc1C1=C(c2cc(C3CCCCC3)sc2C)C(F)(F)C(F)(F)C1(F)F.Cc1sc(C2CCCCC2)cc1C1=C(c2cc(C3CC[N-]CC3)sc2C)C(F)(F)C(F)(F)C1(F)F.OC(CC(O)C(F)(F)F)C(F)(F)F.OC(CC(O)C(F)(F)F)C(F)(F)F.[Zn+2]. The Hall–Kier alpha value is -3.70. The number of aliphatic hydroxyl groups excluding tert-OH is 4. The molecule has 2 saturated carbocycles. The predicted molar refractivity (Wildman–Crippen MR) is 319 cm³/mol. The molecule has 6 heterocycles. The Morgan fingerprint density at radius 1 is 0.423 bits per heavy atom. The zero-order valence-electron chi connectivity index (χ0n) is 51.7. The van der Waals surface area contributed by atoms with Crippen molar-refractivity contribution in [3.8, 4) is 0 Å². The first kappa shape index (κ1) is 82.3. The van der Waals surface area contributed by atoms with Crippen LogP contribution in [0, 0.1) is 27.7 Å². The van der Waals surface area contributed by atoms with Gasteiger partial charge in [-0.3, -0.25) is 0 Å². The normalized spacial score (nSPS) is 22.4. The van der Waals surface area contributed by atoms with Crippen molar-refractivity contribution in [3.05, 3.63) is 115 Å². The number of nitrogens with zero attached hydrogens (tertiary/aromatic N) is 2. The molecule has 4 unspecified atom stereocenters. The number of allylic oxidation sites excluding steroid dienone is 6. The van der Waals surface area contributed by atoms with Gasteiger partial charge in [-0.15, -0.1) is 65.0 Å². The summed E-state index contributed by atoms with van der Waals surface area (Å²) in [5, 5.41) is 40.9. The van der Waals surface area contributed by atoms with Crippen LogP contribution in [0.1, 0.15) is 169 Å². The van der Waals surface area contributed by atoms with Gasteiger partial charge in [0.05, 0.1) is 0 Å². The van der Waals surface area contributed by atoms with Gasteiger partial charge in [-0.25, -0.2) is 0 Å². The van der Waals surface area contributed by atoms with Crippen LogP contribution in [0.4, 0.5) is 105 Å². The van der Waals surface area contributed by atoms with Crippen LogP contribution in [0.15, 0.2) is 42.6 Å². The average Bonchev–Trinajstić information content (AvgIpc) is 1.54. The van der Waals surface area contributed by atoms with E-state index in [1.165, 1.54) is 65.2 Å². The van der Waals surface area contributed by atoms with E-state index in [9.17, 15) is 70.2 Å². The zero-order chi connectivity index (χ0) is 72.1. The molecule has 0 aromatic carbocycles. The summed E-state index contributed by atoms with van der Waals surface area (Å²) in [5.74, 6) is -30.7. The first-order valence-corrected chi connectivity index (χ1v) is 33.2. The number of rotatable bonds is 12. The maximum atomic E-state index is 15.3. The molecule has 0 radical (unpaired) electrons. The molecule has 0 spiro atoms. The fraction of sp³-hybridized carbons (Fsp3) is 0.613. The van der Waals surface area contributed by atoms with Crippen LogP contribution in [0.25, 0.3) is 38.5 Å². The van der Waals surface area contributed by atoms with Crippen LogP contribution < -0.4 is 0 Å². The third-order valence-electron chi connectivity index (χ3n) is 17.3. The van der Waals surface area contributed by atoms with E-state index in [1.54, 1.807) is 39.1 Å². The van der Waals surface area contributed by atoms with Crippen LogP contribution in [0.3, 0.4) is 0 Å². The van der Waals surface area contributed by atoms with Crippen LogP contribution in [-0.4, -0.2) is 125 Å². The number of aryl methyl sites for hydroxylation is 4. The molecule has 6 aliphatic rings. The number of piperidine rings is 1. The molecule has 4 aromatic heterocycles. The van der Waals surface area contributed by atoms with Gasteiger partial charge in [0.15, 0.2) is 24.4 Å². The quantitative estimate of drug-likeness (QED) is 0.0837. The Labute approximate surface area is 569 Å². The van der Waals surface area contributed by atoms with Gasteiger partial charge in [-0.2, -0.15) is 112 Å². The molecule has 3 fully saturated rings. The van der Waals surface area contributed by atoms with Crippen molar-refractivity contribution >= 4 is 73.2 Å². The topological polar surface area (TPSA) is 109 Å². The minimum Gasteiger partial charge on any atom is -0.687 e. The minimum atomic E-state index is -5.54. The minimum absolute atomic E-state index is 0. The Bertz CT molecular complexity index is 3300. The molecule has 4 atom stereocenters. The maximum absolute atomic E-state index is 15.3. The van der Waals surface area contributed by atoms with E-state index in [4.69, 9.17) is 20.4 Å². The van der Waals surface area contributed by atoms with Crippen molar-refractivity contribution in [2.24, 2.45) is 0 Å². The Balaban J connectivity index is 0.000000225. The van der Waals surface area contributed by atoms with Gasteiger partial charge in [0, 0.05) is 74.2 Å². The Morgan fingerprint density at radius 2 is 0.701 bits per heavy atom. The number of alkyl halides is 24. The van der Waals surface area contributed by atoms with Gasteiger partial charge in [0.1, 0.15) is 0 Å². The second-order valence-electron chi connectivity index (χ2n) is 24.0. The van der Waals surface area contributed by atoms with Crippen molar-refractivity contribution in [1.29, 1.82) is 0 Å². The third-order valence-corrected chi connectivity index (χ3v) is 22.0. The molecule has 0 bridgehead atoms. The van der Waals surface area contributed by atoms with Crippen molar-refractivity contribution in [2.75, 3.05) is 19.6 Å². The van der Waals surface area contributed by atoms with Crippen molar-refractivity contribution in [3.63, 3.8) is 0 Å². The summed E-state index contributed by atoms with van der Waals surface area (Å²) in [5.41, 5.74) is -4.96. The van der Waals surface area contributed by atoms with E-state index in [0.29, 0.717) is 44.7 Å². The van der Waals surface area contributed by atoms with E-state index < -0.39 is 120 Å². The van der Waals surface area contributed by atoms with E-state index in [0.717, 1.165) is 103 Å². The molecule has 2 aliphatic heterocycles. The number of halogens is 24. The zero-order valence-corrected chi connectivity index (χ0v) is 57.9. The summed E-state index contributed by atoms with van der Waals surface area (Å²) >= 11 is 4.89. The van der Waals surface area contributed by atoms with E-state index in [-0.39, 0.29) is 64.4 Å². The second kappa shape index (κ2) is 30.7. The van der Waals surface area contributed by atoms with Crippen LogP contribution in [0.5, 0.6) is 0 Å². The molecular formula is C62H64F24N2O4S4Zn. The smallest absolute Gasteiger partial charge is 0.687 e. The van der Waals surface area contributed by atoms with Crippen LogP contribution >= 0.6 is 45.3 Å². The fourth-order valence-electron chi connectivity index (χ4n) is 12.0. The molecule has 4 aliphatic carbocycles. The Kier molecular flexibility index (Phi) is 26.0. The van der Waals surface area contributed by atoms with Gasteiger partial charge < -0.3 is 31.1 Å². The summed E-state index contributed by atoms with van der Waals surface area (Å²) < 4.78 is 319. The van der Waals surface area contributed by atoms with E-state index >= 15 is 35.1 Å². The van der Waals surface area contributed by atoms with Gasteiger partial charge in [0.2, 0.25) is 0 Å². The summed E-state index contributed by atoms with van der Waals surface area (Å²) in [7, 11) is 0. The van der Waals surface area contributed by atoms with Crippen LogP contribution in [-0.2, 0) is 19.5 Å². The molecule has 0 amide bonds. The number of thiophene rings is 4. The summed E-state index contributed by atoms with van der Waals surface area (Å²) in [4.78, 5) is 4.36.